The third-order valence-electron chi connectivity index (χ3n) is 4.51. The molecule has 156 valence electrons. The van der Waals surface area contributed by atoms with Gasteiger partial charge in [0.05, 0.1) is 12.2 Å². The fraction of sp³-hybridized carbons (Fsp3) is 0.381. The van der Waals surface area contributed by atoms with Crippen LogP contribution in [0.1, 0.15) is 42.8 Å². The van der Waals surface area contributed by atoms with Gasteiger partial charge in [-0.3, -0.25) is 14.3 Å². The monoisotopic (exact) mass is 436 g/mol. The van der Waals surface area contributed by atoms with Crippen LogP contribution in [0, 0.1) is 13.8 Å². The van der Waals surface area contributed by atoms with Crippen LogP contribution >= 0.6 is 23.2 Å². The number of hydrogen-bond donors (Lipinski definition) is 2. The Morgan fingerprint density at radius 3 is 2.52 bits per heavy atom. The van der Waals surface area contributed by atoms with Crippen LogP contribution in [-0.2, 0) is 16.1 Å². The second-order valence-electron chi connectivity index (χ2n) is 6.80. The summed E-state index contributed by atoms with van der Waals surface area (Å²) in [7, 11) is 0. The highest BCUT2D eigenvalue weighted by Gasteiger charge is 2.15. The van der Waals surface area contributed by atoms with Crippen LogP contribution in [0.25, 0.3) is 6.08 Å². The van der Waals surface area contributed by atoms with E-state index in [2.05, 4.69) is 15.7 Å². The highest BCUT2D eigenvalue weighted by Crippen LogP contribution is 2.26. The minimum absolute atomic E-state index is 0.203. The summed E-state index contributed by atoms with van der Waals surface area (Å²) in [4.78, 5) is 24.0. The lowest BCUT2D eigenvalue weighted by atomic mass is 10.1. The molecule has 0 aliphatic rings. The van der Waals surface area contributed by atoms with Gasteiger partial charge in [0, 0.05) is 39.5 Å². The van der Waals surface area contributed by atoms with Crippen molar-refractivity contribution in [1.82, 2.24) is 20.4 Å². The molecule has 6 nitrogen and oxygen atoms in total. The molecule has 0 fully saturated rings. The van der Waals surface area contributed by atoms with Gasteiger partial charge in [-0.05, 0) is 45.4 Å². The van der Waals surface area contributed by atoms with Crippen LogP contribution < -0.4 is 10.6 Å². The van der Waals surface area contributed by atoms with Crippen LogP contribution in [-0.4, -0.2) is 34.2 Å². The molecule has 0 saturated heterocycles. The zero-order valence-corrected chi connectivity index (χ0v) is 18.6. The Morgan fingerprint density at radius 2 is 1.90 bits per heavy atom. The standard InChI is InChI=1S/C21H26Cl2N4O2/c1-5-11-24-21(29)14(3)25-20(28)10-9-16-13(2)26-27(15(16)4)12-17-18(22)7-6-8-19(17)23/h6-10,14H,5,11-12H2,1-4H3,(H,24,29)(H,25,28)/b10-9+/t14-/m0/s1. The largest absolute Gasteiger partial charge is 0.354 e. The third-order valence-corrected chi connectivity index (χ3v) is 5.22. The average Bonchev–Trinajstić information content (AvgIpc) is 2.94. The number of nitrogens with zero attached hydrogens (tertiary/aromatic N) is 2. The van der Waals surface area contributed by atoms with E-state index in [1.807, 2.05) is 20.8 Å². The number of benzene rings is 1. The molecular weight excluding hydrogens is 411 g/mol. The summed E-state index contributed by atoms with van der Waals surface area (Å²) in [6.07, 6.45) is 3.95. The zero-order valence-electron chi connectivity index (χ0n) is 17.1. The van der Waals surface area contributed by atoms with Crippen molar-refractivity contribution in [3.63, 3.8) is 0 Å². The summed E-state index contributed by atoms with van der Waals surface area (Å²) in [5, 5.41) is 11.1. The molecule has 0 bridgehead atoms. The third kappa shape index (κ3) is 6.08. The molecular formula is C21H26Cl2N4O2. The molecule has 8 heteroatoms. The van der Waals surface area contributed by atoms with Crippen molar-refractivity contribution in [2.75, 3.05) is 6.54 Å². The van der Waals surface area contributed by atoms with E-state index in [1.165, 1.54) is 6.08 Å². The van der Waals surface area contributed by atoms with Crippen molar-refractivity contribution in [2.45, 2.75) is 46.7 Å². The van der Waals surface area contributed by atoms with Crippen molar-refractivity contribution in [3.8, 4) is 0 Å². The van der Waals surface area contributed by atoms with Crippen LogP contribution in [0.3, 0.4) is 0 Å². The fourth-order valence-electron chi connectivity index (χ4n) is 2.83. The van der Waals surface area contributed by atoms with Gasteiger partial charge in [-0.25, -0.2) is 0 Å². The summed E-state index contributed by atoms with van der Waals surface area (Å²) in [5.74, 6) is -0.546. The number of aromatic nitrogens is 2. The Labute approximate surface area is 181 Å². The molecule has 2 N–H and O–H groups in total. The van der Waals surface area contributed by atoms with Gasteiger partial charge in [-0.1, -0.05) is 36.2 Å². The molecule has 0 aliphatic heterocycles. The highest BCUT2D eigenvalue weighted by molar-refractivity contribution is 6.35. The van der Waals surface area contributed by atoms with Crippen LogP contribution in [0.2, 0.25) is 10.0 Å². The van der Waals surface area contributed by atoms with Gasteiger partial charge in [-0.2, -0.15) is 5.10 Å². The average molecular weight is 437 g/mol. The lowest BCUT2D eigenvalue weighted by molar-refractivity contribution is -0.126. The van der Waals surface area contributed by atoms with Crippen molar-refractivity contribution in [3.05, 3.63) is 56.8 Å². The van der Waals surface area contributed by atoms with Crippen molar-refractivity contribution in [1.29, 1.82) is 0 Å². The molecule has 2 amide bonds. The zero-order chi connectivity index (χ0) is 21.6. The van der Waals surface area contributed by atoms with Crippen molar-refractivity contribution >= 4 is 41.1 Å². The summed E-state index contributed by atoms with van der Waals surface area (Å²) in [6.45, 7) is 8.43. The van der Waals surface area contributed by atoms with Gasteiger partial charge in [0.2, 0.25) is 11.8 Å². The minimum atomic E-state index is -0.606. The lowest BCUT2D eigenvalue weighted by Gasteiger charge is -2.12. The maximum Gasteiger partial charge on any atom is 0.244 e. The molecule has 0 spiro atoms. The SMILES string of the molecule is CCCNC(=O)[C@H](C)NC(=O)/C=C/c1c(C)nn(Cc2c(Cl)cccc2Cl)c1C. The van der Waals surface area contributed by atoms with E-state index < -0.39 is 6.04 Å². The van der Waals surface area contributed by atoms with E-state index in [0.29, 0.717) is 23.1 Å². The molecule has 1 aromatic carbocycles. The van der Waals surface area contributed by atoms with E-state index >= 15 is 0 Å². The normalized spacial score (nSPS) is 12.2. The maximum absolute atomic E-state index is 12.2. The van der Waals surface area contributed by atoms with Gasteiger partial charge in [0.1, 0.15) is 6.04 Å². The fourth-order valence-corrected chi connectivity index (χ4v) is 3.34. The quantitative estimate of drug-likeness (QED) is 0.615. The van der Waals surface area contributed by atoms with E-state index in [-0.39, 0.29) is 11.8 Å². The molecule has 0 unspecified atom stereocenters. The number of halogens is 2. The van der Waals surface area contributed by atoms with Crippen LogP contribution in [0.4, 0.5) is 0 Å². The Hall–Kier alpha value is -2.31. The van der Waals surface area contributed by atoms with Gasteiger partial charge in [0.25, 0.3) is 0 Å². The first-order valence-electron chi connectivity index (χ1n) is 9.47. The number of rotatable bonds is 8. The Morgan fingerprint density at radius 1 is 1.24 bits per heavy atom. The van der Waals surface area contributed by atoms with Crippen LogP contribution in [0.15, 0.2) is 24.3 Å². The van der Waals surface area contributed by atoms with Crippen molar-refractivity contribution < 1.29 is 9.59 Å². The number of hydrogen-bond acceptors (Lipinski definition) is 3. The van der Waals surface area contributed by atoms with Crippen LogP contribution in [0.5, 0.6) is 0 Å². The second-order valence-corrected chi connectivity index (χ2v) is 7.61. The number of nitrogens with one attached hydrogen (secondary N) is 2. The molecule has 0 aliphatic carbocycles. The molecule has 1 aromatic heterocycles. The predicted molar refractivity (Wildman–Crippen MR) is 117 cm³/mol. The minimum Gasteiger partial charge on any atom is -0.354 e. The number of aryl methyl sites for hydroxylation is 1. The topological polar surface area (TPSA) is 76.0 Å². The molecule has 29 heavy (non-hydrogen) atoms. The molecule has 1 heterocycles. The Balaban J connectivity index is 2.10. The van der Waals surface area contributed by atoms with Gasteiger partial charge in [0.15, 0.2) is 0 Å². The van der Waals surface area contributed by atoms with Gasteiger partial charge >= 0.3 is 0 Å². The van der Waals surface area contributed by atoms with E-state index in [1.54, 1.807) is 35.9 Å². The molecule has 0 saturated carbocycles. The van der Waals surface area contributed by atoms with E-state index in [0.717, 1.165) is 28.9 Å². The van der Waals surface area contributed by atoms with Crippen molar-refractivity contribution in [2.24, 2.45) is 0 Å². The highest BCUT2D eigenvalue weighted by atomic mass is 35.5. The van der Waals surface area contributed by atoms with Gasteiger partial charge in [-0.15, -0.1) is 0 Å². The molecule has 2 rings (SSSR count). The molecule has 0 radical (unpaired) electrons. The predicted octanol–water partition coefficient (Wildman–Crippen LogP) is 3.90. The Bertz CT molecular complexity index is 901. The number of carbonyl (C=O) groups excluding carboxylic acids is 2. The van der Waals surface area contributed by atoms with E-state index in [9.17, 15) is 9.59 Å². The first kappa shape index (κ1) is 23.0. The number of carbonyl (C=O) groups is 2. The second kappa shape index (κ2) is 10.5. The smallest absolute Gasteiger partial charge is 0.244 e. The maximum atomic E-state index is 12.2. The first-order valence-corrected chi connectivity index (χ1v) is 10.2. The Kier molecular flexibility index (Phi) is 8.29. The summed E-state index contributed by atoms with van der Waals surface area (Å²) < 4.78 is 1.81. The summed E-state index contributed by atoms with van der Waals surface area (Å²) in [5.41, 5.74) is 3.30. The summed E-state index contributed by atoms with van der Waals surface area (Å²) in [6, 6.07) is 4.77. The number of amides is 2. The first-order chi connectivity index (χ1) is 13.7. The lowest BCUT2D eigenvalue weighted by Crippen LogP contribution is -2.44. The van der Waals surface area contributed by atoms with E-state index in [4.69, 9.17) is 23.2 Å². The molecule has 1 atom stereocenters. The molecule has 2 aromatic rings. The van der Waals surface area contributed by atoms with Gasteiger partial charge < -0.3 is 10.6 Å². The summed E-state index contributed by atoms with van der Waals surface area (Å²) >= 11 is 12.5.